The van der Waals surface area contributed by atoms with E-state index in [1.807, 2.05) is 4.90 Å². The van der Waals surface area contributed by atoms with E-state index in [4.69, 9.17) is 15.9 Å². The van der Waals surface area contributed by atoms with Gasteiger partial charge in [0.2, 0.25) is 0 Å². The Morgan fingerprint density at radius 2 is 1.85 bits per heavy atom. The molecule has 2 unspecified atom stereocenters. The van der Waals surface area contributed by atoms with Crippen LogP contribution < -0.4 is 15.4 Å². The predicted octanol–water partition coefficient (Wildman–Crippen LogP) is 5.48. The zero-order chi connectivity index (χ0) is 32.7. The lowest BCUT2D eigenvalue weighted by atomic mass is 9.95. The van der Waals surface area contributed by atoms with Crippen molar-refractivity contribution in [2.24, 2.45) is 0 Å². The van der Waals surface area contributed by atoms with E-state index in [1.54, 1.807) is 6.92 Å². The van der Waals surface area contributed by atoms with Crippen LogP contribution in [0.4, 0.5) is 37.8 Å². The van der Waals surface area contributed by atoms with E-state index in [-0.39, 0.29) is 42.0 Å². The van der Waals surface area contributed by atoms with Crippen molar-refractivity contribution in [1.29, 1.82) is 5.41 Å². The molecule has 7 rings (SSSR count). The van der Waals surface area contributed by atoms with Crippen LogP contribution in [0.25, 0.3) is 22.2 Å². The molecule has 15 heteroatoms. The van der Waals surface area contributed by atoms with Crippen molar-refractivity contribution in [3.63, 3.8) is 0 Å². The molecule has 0 radical (unpaired) electrons. The average Bonchev–Trinajstić information content (AvgIpc) is 3.61. The first kappa shape index (κ1) is 30.8. The summed E-state index contributed by atoms with van der Waals surface area (Å²) in [5.74, 6) is -1.64. The van der Waals surface area contributed by atoms with Crippen LogP contribution in [0, 0.1) is 24.0 Å². The van der Waals surface area contributed by atoms with Crippen molar-refractivity contribution in [2.45, 2.75) is 75.9 Å². The standard InChI is InChI=1S/C31H34F6N8O/c1-15-23(31(35,36)37)20(8-22(39)24(15)33)26-25(34)27-21(10-40-26)28(43-12-18-4-5-19(13-43)45(18)16(2)38)42-29(41-27)46-14-30-6-3-7-44(30)11-17(32)9-30/h8,10,17-19,38H,3-7,9,11-14,39H2,1-2H3/t17-,18?,19?,30+/m1/s1. The minimum Gasteiger partial charge on any atom is -0.461 e. The molecule has 46 heavy (non-hydrogen) atoms. The molecule has 0 amide bonds. The molecule has 3 aromatic rings. The topological polar surface area (TPSA) is 107 Å². The Labute approximate surface area is 261 Å². The van der Waals surface area contributed by atoms with Crippen LogP contribution in [0.15, 0.2) is 12.3 Å². The van der Waals surface area contributed by atoms with Gasteiger partial charge in [-0.2, -0.15) is 23.1 Å². The second-order valence-electron chi connectivity index (χ2n) is 13.0. The molecule has 6 heterocycles. The number of nitrogens with two attached hydrogens (primary N) is 1. The Morgan fingerprint density at radius 3 is 2.52 bits per heavy atom. The molecule has 2 bridgehead atoms. The lowest BCUT2D eigenvalue weighted by Gasteiger charge is -2.42. The van der Waals surface area contributed by atoms with Gasteiger partial charge in [-0.25, -0.2) is 13.2 Å². The fourth-order valence-corrected chi connectivity index (χ4v) is 8.16. The molecule has 4 atom stereocenters. The van der Waals surface area contributed by atoms with Crippen LogP contribution >= 0.6 is 0 Å². The third-order valence-electron chi connectivity index (χ3n) is 10.1. The molecule has 4 fully saturated rings. The van der Waals surface area contributed by atoms with Crippen molar-refractivity contribution in [2.75, 3.05) is 43.4 Å². The van der Waals surface area contributed by atoms with Crippen molar-refractivity contribution in [3.05, 3.63) is 35.0 Å². The number of anilines is 2. The summed E-state index contributed by atoms with van der Waals surface area (Å²) in [4.78, 5) is 19.2. The van der Waals surface area contributed by atoms with Crippen molar-refractivity contribution in [1.82, 2.24) is 24.8 Å². The van der Waals surface area contributed by atoms with Crippen LogP contribution in [-0.2, 0) is 6.18 Å². The van der Waals surface area contributed by atoms with Crippen molar-refractivity contribution in [3.8, 4) is 17.3 Å². The lowest BCUT2D eigenvalue weighted by Crippen LogP contribution is -2.55. The first-order valence-electron chi connectivity index (χ1n) is 15.4. The van der Waals surface area contributed by atoms with Crippen molar-refractivity contribution >= 4 is 28.2 Å². The molecular weight excluding hydrogens is 614 g/mol. The van der Waals surface area contributed by atoms with Gasteiger partial charge in [0, 0.05) is 49.9 Å². The molecule has 0 aliphatic carbocycles. The summed E-state index contributed by atoms with van der Waals surface area (Å²) < 4.78 is 94.2. The molecule has 4 aliphatic rings. The maximum Gasteiger partial charge on any atom is 0.417 e. The molecule has 1 aromatic carbocycles. The number of pyridine rings is 1. The molecule has 246 valence electrons. The number of nitrogens with zero attached hydrogens (tertiary/aromatic N) is 6. The molecule has 0 saturated carbocycles. The quantitative estimate of drug-likeness (QED) is 0.162. The molecule has 0 spiro atoms. The normalized spacial score (nSPS) is 26.3. The summed E-state index contributed by atoms with van der Waals surface area (Å²) >= 11 is 0. The van der Waals surface area contributed by atoms with E-state index < -0.39 is 57.6 Å². The second kappa shape index (κ2) is 10.8. The van der Waals surface area contributed by atoms with Crippen LogP contribution in [0.3, 0.4) is 0 Å². The van der Waals surface area contributed by atoms with Gasteiger partial charge in [-0.1, -0.05) is 0 Å². The van der Waals surface area contributed by atoms with Gasteiger partial charge in [-0.3, -0.25) is 15.3 Å². The minimum atomic E-state index is -5.03. The highest BCUT2D eigenvalue weighted by molar-refractivity contribution is 5.93. The molecule has 3 N–H and O–H groups in total. The van der Waals surface area contributed by atoms with E-state index in [0.29, 0.717) is 31.3 Å². The number of benzene rings is 1. The van der Waals surface area contributed by atoms with Crippen LogP contribution in [0.2, 0.25) is 0 Å². The van der Waals surface area contributed by atoms with Gasteiger partial charge in [0.25, 0.3) is 0 Å². The lowest BCUT2D eigenvalue weighted by molar-refractivity contribution is -0.137. The highest BCUT2D eigenvalue weighted by atomic mass is 19.4. The number of alkyl halides is 4. The number of amidine groups is 1. The summed E-state index contributed by atoms with van der Waals surface area (Å²) in [6.07, 6.45) is -1.21. The fourth-order valence-electron chi connectivity index (χ4n) is 8.16. The number of nitrogens with one attached hydrogen (secondary N) is 1. The highest BCUT2D eigenvalue weighted by Crippen LogP contribution is 2.44. The summed E-state index contributed by atoms with van der Waals surface area (Å²) in [7, 11) is 0. The van der Waals surface area contributed by atoms with Crippen LogP contribution in [0.1, 0.15) is 50.2 Å². The van der Waals surface area contributed by atoms with Gasteiger partial charge in [0.05, 0.1) is 28.0 Å². The van der Waals surface area contributed by atoms with E-state index in [1.165, 1.54) is 6.20 Å². The summed E-state index contributed by atoms with van der Waals surface area (Å²) in [6, 6.07) is 0.590. The van der Waals surface area contributed by atoms with E-state index in [9.17, 15) is 22.0 Å². The Balaban J connectivity index is 1.35. The number of nitrogen functional groups attached to an aromatic ring is 1. The summed E-state index contributed by atoms with van der Waals surface area (Å²) in [5.41, 5.74) is 0.717. The van der Waals surface area contributed by atoms with Crippen LogP contribution in [0.5, 0.6) is 6.01 Å². The second-order valence-corrected chi connectivity index (χ2v) is 13.0. The summed E-state index contributed by atoms with van der Waals surface area (Å²) in [5, 5.41) is 8.40. The number of hydrogen-bond acceptors (Lipinski definition) is 8. The Bertz CT molecular complexity index is 1720. The monoisotopic (exact) mass is 648 g/mol. The number of fused-ring (bicyclic) bond motifs is 4. The Morgan fingerprint density at radius 1 is 1.13 bits per heavy atom. The molecule has 4 aliphatic heterocycles. The minimum absolute atomic E-state index is 0.0214. The van der Waals surface area contributed by atoms with E-state index >= 15 is 4.39 Å². The van der Waals surface area contributed by atoms with E-state index in [0.717, 1.165) is 45.2 Å². The molecule has 9 nitrogen and oxygen atoms in total. The average molecular weight is 649 g/mol. The maximum atomic E-state index is 16.5. The highest BCUT2D eigenvalue weighted by Gasteiger charge is 2.49. The smallest absolute Gasteiger partial charge is 0.417 e. The zero-order valence-corrected chi connectivity index (χ0v) is 25.4. The van der Waals surface area contributed by atoms with Gasteiger partial charge >= 0.3 is 12.2 Å². The fraction of sp³-hybridized carbons (Fsp3) is 0.548. The Kier molecular flexibility index (Phi) is 7.25. The number of hydrogen-bond donors (Lipinski definition) is 2. The number of rotatable bonds is 5. The van der Waals surface area contributed by atoms with Gasteiger partial charge in [0.1, 0.15) is 35.6 Å². The van der Waals surface area contributed by atoms with E-state index in [2.05, 4.69) is 24.8 Å². The molecule has 2 aromatic heterocycles. The first-order chi connectivity index (χ1) is 21.8. The maximum absolute atomic E-state index is 16.5. The molecule has 4 saturated heterocycles. The molecular formula is C31H34F6N8O. The van der Waals surface area contributed by atoms with Crippen molar-refractivity contribution < 1.29 is 31.1 Å². The number of aromatic nitrogens is 3. The third kappa shape index (κ3) is 4.88. The first-order valence-corrected chi connectivity index (χ1v) is 15.4. The van der Waals surface area contributed by atoms with Gasteiger partial charge in [0.15, 0.2) is 5.82 Å². The predicted molar refractivity (Wildman–Crippen MR) is 160 cm³/mol. The van der Waals surface area contributed by atoms with Gasteiger partial charge in [-0.05, 0) is 57.7 Å². The van der Waals surface area contributed by atoms with Gasteiger partial charge < -0.3 is 20.3 Å². The van der Waals surface area contributed by atoms with Crippen LogP contribution in [-0.4, -0.2) is 87.2 Å². The number of piperazine rings is 1. The zero-order valence-electron chi connectivity index (χ0n) is 25.4. The third-order valence-corrected chi connectivity index (χ3v) is 10.1. The van der Waals surface area contributed by atoms with Gasteiger partial charge in [-0.15, -0.1) is 0 Å². The SMILES string of the molecule is CC(=N)N1C2CCC1CN(c1nc(OC[C@@]34CCCN3C[C@H](F)C4)nc3c(F)c(-c4cc(N)c(F)c(C)c4C(F)(F)F)ncc13)C2. The largest absolute Gasteiger partial charge is 0.461 e. The Hall–Kier alpha value is -3.88. The summed E-state index contributed by atoms with van der Waals surface area (Å²) in [6.45, 7) is 4.71. The number of ether oxygens (including phenoxy) is 1. The number of halogens is 6.